The van der Waals surface area contributed by atoms with Gasteiger partial charge < -0.3 is 11.1 Å². The molecule has 3 N–H and O–H groups in total. The van der Waals surface area contributed by atoms with Gasteiger partial charge >= 0.3 is 0 Å². The van der Waals surface area contributed by atoms with E-state index in [-0.39, 0.29) is 16.9 Å². The molecule has 0 atom stereocenters. The van der Waals surface area contributed by atoms with Crippen molar-refractivity contribution >= 4 is 11.6 Å². The first kappa shape index (κ1) is 14.5. The van der Waals surface area contributed by atoms with E-state index in [9.17, 15) is 4.79 Å². The standard InChI is InChI=1S/C14H23N3O/c1-13(2,3)9-14(4,5)17-12(18)10-6-7-16-8-11(10)15/h6-8H,9,15H2,1-5H3,(H,17,18). The van der Waals surface area contributed by atoms with Gasteiger partial charge in [-0.15, -0.1) is 0 Å². The molecule has 1 rings (SSSR count). The van der Waals surface area contributed by atoms with Gasteiger partial charge in [0.05, 0.1) is 17.4 Å². The molecule has 0 spiro atoms. The molecule has 0 fully saturated rings. The minimum Gasteiger partial charge on any atom is -0.397 e. The Morgan fingerprint density at radius 2 is 1.94 bits per heavy atom. The Kier molecular flexibility index (Phi) is 3.99. The molecule has 0 unspecified atom stereocenters. The van der Waals surface area contributed by atoms with Gasteiger partial charge in [0, 0.05) is 11.7 Å². The predicted molar refractivity (Wildman–Crippen MR) is 74.3 cm³/mol. The number of pyridine rings is 1. The van der Waals surface area contributed by atoms with E-state index < -0.39 is 0 Å². The van der Waals surface area contributed by atoms with Gasteiger partial charge in [-0.3, -0.25) is 9.78 Å². The minimum absolute atomic E-state index is 0.149. The summed E-state index contributed by atoms with van der Waals surface area (Å²) in [5.74, 6) is -0.149. The van der Waals surface area contributed by atoms with Crippen molar-refractivity contribution in [3.63, 3.8) is 0 Å². The van der Waals surface area contributed by atoms with Crippen LogP contribution in [0, 0.1) is 5.41 Å². The summed E-state index contributed by atoms with van der Waals surface area (Å²) < 4.78 is 0. The average Bonchev–Trinajstić information content (AvgIpc) is 2.12. The maximum Gasteiger partial charge on any atom is 0.253 e. The second-order valence-electron chi connectivity index (χ2n) is 6.54. The number of carbonyl (C=O) groups is 1. The highest BCUT2D eigenvalue weighted by Crippen LogP contribution is 2.27. The van der Waals surface area contributed by atoms with Gasteiger partial charge in [0.15, 0.2) is 0 Å². The number of hydrogen-bond donors (Lipinski definition) is 2. The van der Waals surface area contributed by atoms with Crippen LogP contribution >= 0.6 is 0 Å². The van der Waals surface area contributed by atoms with E-state index in [2.05, 4.69) is 31.1 Å². The van der Waals surface area contributed by atoms with Crippen LogP contribution in [-0.2, 0) is 0 Å². The molecule has 1 aromatic rings. The third kappa shape index (κ3) is 4.35. The van der Waals surface area contributed by atoms with Crippen LogP contribution in [0.4, 0.5) is 5.69 Å². The molecule has 0 aliphatic carbocycles. The maximum absolute atomic E-state index is 12.1. The number of nitrogen functional groups attached to an aromatic ring is 1. The Morgan fingerprint density at radius 3 is 2.44 bits per heavy atom. The van der Waals surface area contributed by atoms with Crippen molar-refractivity contribution in [2.45, 2.75) is 46.6 Å². The number of anilines is 1. The van der Waals surface area contributed by atoms with Crippen molar-refractivity contribution in [2.75, 3.05) is 5.73 Å². The summed E-state index contributed by atoms with van der Waals surface area (Å²) in [4.78, 5) is 16.0. The highest BCUT2D eigenvalue weighted by atomic mass is 16.1. The number of nitrogens with two attached hydrogens (primary N) is 1. The van der Waals surface area contributed by atoms with Crippen LogP contribution in [0.25, 0.3) is 0 Å². The maximum atomic E-state index is 12.1. The summed E-state index contributed by atoms with van der Waals surface area (Å²) in [5.41, 5.74) is 6.51. The molecule has 0 saturated carbocycles. The first-order valence-electron chi connectivity index (χ1n) is 6.13. The first-order valence-corrected chi connectivity index (χ1v) is 6.13. The second kappa shape index (κ2) is 4.96. The van der Waals surface area contributed by atoms with Crippen LogP contribution in [-0.4, -0.2) is 16.4 Å². The molecule has 0 bridgehead atoms. The number of carbonyl (C=O) groups excluding carboxylic acids is 1. The summed E-state index contributed by atoms with van der Waals surface area (Å²) >= 11 is 0. The number of amides is 1. The molecule has 0 radical (unpaired) electrons. The van der Waals surface area contributed by atoms with E-state index >= 15 is 0 Å². The lowest BCUT2D eigenvalue weighted by atomic mass is 9.81. The summed E-state index contributed by atoms with van der Waals surface area (Å²) in [6, 6.07) is 1.64. The summed E-state index contributed by atoms with van der Waals surface area (Å²) in [6.07, 6.45) is 3.95. The Hall–Kier alpha value is -1.58. The van der Waals surface area contributed by atoms with E-state index in [1.165, 1.54) is 6.20 Å². The average molecular weight is 249 g/mol. The smallest absolute Gasteiger partial charge is 0.253 e. The fourth-order valence-corrected chi connectivity index (χ4v) is 2.36. The van der Waals surface area contributed by atoms with Crippen LogP contribution in [0.1, 0.15) is 51.4 Å². The SMILES string of the molecule is CC(C)(C)CC(C)(C)NC(=O)c1ccncc1N. The van der Waals surface area contributed by atoms with E-state index in [4.69, 9.17) is 5.73 Å². The van der Waals surface area contributed by atoms with Crippen LogP contribution in [0.5, 0.6) is 0 Å². The Balaban J connectivity index is 2.79. The van der Waals surface area contributed by atoms with Crippen LogP contribution in [0.15, 0.2) is 18.5 Å². The van der Waals surface area contributed by atoms with E-state index in [1.807, 2.05) is 13.8 Å². The van der Waals surface area contributed by atoms with Gasteiger partial charge in [0.25, 0.3) is 5.91 Å². The second-order valence-corrected chi connectivity index (χ2v) is 6.54. The number of nitrogens with one attached hydrogen (secondary N) is 1. The zero-order chi connectivity index (χ0) is 14.0. The lowest BCUT2D eigenvalue weighted by Gasteiger charge is -2.33. The molecule has 1 aromatic heterocycles. The fourth-order valence-electron chi connectivity index (χ4n) is 2.36. The highest BCUT2D eigenvalue weighted by Gasteiger charge is 2.27. The summed E-state index contributed by atoms with van der Waals surface area (Å²) in [6.45, 7) is 10.5. The van der Waals surface area contributed by atoms with Crippen LogP contribution in [0.2, 0.25) is 0 Å². The van der Waals surface area contributed by atoms with E-state index in [0.717, 1.165) is 6.42 Å². The number of aromatic nitrogens is 1. The van der Waals surface area contributed by atoms with E-state index in [1.54, 1.807) is 12.3 Å². The van der Waals surface area contributed by atoms with Crippen molar-refractivity contribution in [3.05, 3.63) is 24.0 Å². The van der Waals surface area contributed by atoms with Crippen LogP contribution in [0.3, 0.4) is 0 Å². The third-order valence-corrected chi connectivity index (χ3v) is 2.52. The van der Waals surface area contributed by atoms with Crippen molar-refractivity contribution in [2.24, 2.45) is 5.41 Å². The van der Waals surface area contributed by atoms with Crippen molar-refractivity contribution in [3.8, 4) is 0 Å². The summed E-state index contributed by atoms with van der Waals surface area (Å²) in [5, 5.41) is 3.02. The lowest BCUT2D eigenvalue weighted by molar-refractivity contribution is 0.0892. The molecule has 0 aliphatic rings. The summed E-state index contributed by atoms with van der Waals surface area (Å²) in [7, 11) is 0. The van der Waals surface area contributed by atoms with Crippen molar-refractivity contribution in [1.82, 2.24) is 10.3 Å². The predicted octanol–water partition coefficient (Wildman–Crippen LogP) is 2.61. The zero-order valence-corrected chi connectivity index (χ0v) is 11.9. The Labute approximate surface area is 109 Å². The number of nitrogens with zero attached hydrogens (tertiary/aromatic N) is 1. The molecule has 0 aromatic carbocycles. The molecular weight excluding hydrogens is 226 g/mol. The van der Waals surface area contributed by atoms with Gasteiger partial charge in [-0.25, -0.2) is 0 Å². The fraction of sp³-hybridized carbons (Fsp3) is 0.571. The van der Waals surface area contributed by atoms with Gasteiger partial charge in [-0.1, -0.05) is 20.8 Å². The lowest BCUT2D eigenvalue weighted by Crippen LogP contribution is -2.46. The third-order valence-electron chi connectivity index (χ3n) is 2.52. The molecule has 0 aliphatic heterocycles. The van der Waals surface area contributed by atoms with Gasteiger partial charge in [0.2, 0.25) is 0 Å². The molecule has 18 heavy (non-hydrogen) atoms. The molecule has 0 saturated heterocycles. The van der Waals surface area contributed by atoms with Crippen molar-refractivity contribution < 1.29 is 4.79 Å². The molecule has 4 nitrogen and oxygen atoms in total. The van der Waals surface area contributed by atoms with Gasteiger partial charge in [0.1, 0.15) is 0 Å². The monoisotopic (exact) mass is 249 g/mol. The molecule has 1 amide bonds. The van der Waals surface area contributed by atoms with Crippen molar-refractivity contribution in [1.29, 1.82) is 0 Å². The quantitative estimate of drug-likeness (QED) is 0.865. The van der Waals surface area contributed by atoms with E-state index in [0.29, 0.717) is 11.3 Å². The Morgan fingerprint density at radius 1 is 1.33 bits per heavy atom. The van der Waals surface area contributed by atoms with Crippen LogP contribution < -0.4 is 11.1 Å². The number of rotatable bonds is 3. The number of hydrogen-bond acceptors (Lipinski definition) is 3. The minimum atomic E-state index is -0.273. The molecule has 4 heteroatoms. The van der Waals surface area contributed by atoms with Gasteiger partial charge in [-0.2, -0.15) is 0 Å². The molecular formula is C14H23N3O. The topological polar surface area (TPSA) is 68.0 Å². The Bertz CT molecular complexity index is 433. The normalized spacial score (nSPS) is 12.3. The largest absolute Gasteiger partial charge is 0.397 e. The first-order chi connectivity index (χ1) is 8.11. The molecule has 100 valence electrons. The van der Waals surface area contributed by atoms with Gasteiger partial charge in [-0.05, 0) is 31.7 Å². The highest BCUT2D eigenvalue weighted by molar-refractivity contribution is 5.99. The zero-order valence-electron chi connectivity index (χ0n) is 11.9. The molecule has 1 heterocycles.